The molecule has 3 N–H and O–H groups in total. The number of hydrogen-bond acceptors (Lipinski definition) is 3. The van der Waals surface area contributed by atoms with Gasteiger partial charge < -0.3 is 15.6 Å². The molecule has 0 bridgehead atoms. The van der Waals surface area contributed by atoms with Gasteiger partial charge in [-0.1, -0.05) is 13.0 Å². The maximum Gasteiger partial charge on any atom is 0.131 e. The number of rotatable bonds is 4. The molecule has 0 saturated heterocycles. The molecule has 1 aromatic carbocycles. The minimum Gasteiger partial charge on any atom is -0.497 e. The fraction of sp³-hybridized carbons (Fsp3) is 0.455. The van der Waals surface area contributed by atoms with Crippen LogP contribution < -0.4 is 10.5 Å². The maximum absolute atomic E-state index is 13.5. The average molecular weight is 250 g/mol. The van der Waals surface area contributed by atoms with Gasteiger partial charge in [-0.3, -0.25) is 0 Å². The molecule has 1 aromatic rings. The van der Waals surface area contributed by atoms with Crippen molar-refractivity contribution in [2.24, 2.45) is 5.73 Å². The minimum absolute atomic E-state index is 0. The molecule has 92 valence electrons. The summed E-state index contributed by atoms with van der Waals surface area (Å²) < 4.78 is 18.4. The van der Waals surface area contributed by atoms with E-state index in [1.54, 1.807) is 13.0 Å². The first-order valence-corrected chi connectivity index (χ1v) is 4.87. The Morgan fingerprint density at radius 2 is 2.12 bits per heavy atom. The quantitative estimate of drug-likeness (QED) is 0.859. The molecule has 3 nitrogen and oxygen atoms in total. The Morgan fingerprint density at radius 3 is 2.56 bits per heavy atom. The number of benzene rings is 1. The molecule has 0 heterocycles. The maximum atomic E-state index is 13.5. The Kier molecular flexibility index (Phi) is 6.33. The second kappa shape index (κ2) is 6.68. The van der Waals surface area contributed by atoms with Crippen molar-refractivity contribution < 1.29 is 14.2 Å². The predicted molar refractivity (Wildman–Crippen MR) is 63.4 cm³/mol. The number of ether oxygens (including phenoxy) is 1. The molecule has 0 aliphatic rings. The summed E-state index contributed by atoms with van der Waals surface area (Å²) in [5, 5.41) is 9.51. The minimum atomic E-state index is -0.729. The largest absolute Gasteiger partial charge is 0.497 e. The molecule has 5 heteroatoms. The number of aliphatic hydroxyl groups excluding tert-OH is 1. The van der Waals surface area contributed by atoms with Gasteiger partial charge in [-0.15, -0.1) is 12.4 Å². The number of hydrogen-bond donors (Lipinski definition) is 2. The second-order valence-corrected chi connectivity index (χ2v) is 3.39. The molecule has 16 heavy (non-hydrogen) atoms. The molecule has 2 atom stereocenters. The van der Waals surface area contributed by atoms with Crippen LogP contribution in [0.5, 0.6) is 5.75 Å². The first kappa shape index (κ1) is 15.2. The van der Waals surface area contributed by atoms with Crippen LogP contribution in [0.2, 0.25) is 0 Å². The molecule has 0 aromatic heterocycles. The number of methoxy groups -OCH3 is 1. The smallest absolute Gasteiger partial charge is 0.131 e. The zero-order chi connectivity index (χ0) is 11.4. The lowest BCUT2D eigenvalue weighted by molar-refractivity contribution is 0.139. The Balaban J connectivity index is 0.00000225. The van der Waals surface area contributed by atoms with Crippen LogP contribution in [0.3, 0.4) is 0 Å². The molecule has 0 radical (unpaired) electrons. The third-order valence-corrected chi connectivity index (χ3v) is 2.40. The van der Waals surface area contributed by atoms with Crippen molar-refractivity contribution in [3.63, 3.8) is 0 Å². The Bertz CT molecular complexity index is 336. The fourth-order valence-electron chi connectivity index (χ4n) is 1.37. The molecular weight excluding hydrogens is 233 g/mol. The molecule has 0 aliphatic carbocycles. The van der Waals surface area contributed by atoms with E-state index >= 15 is 0 Å². The van der Waals surface area contributed by atoms with E-state index in [0.29, 0.717) is 17.7 Å². The summed E-state index contributed by atoms with van der Waals surface area (Å²) in [7, 11) is 1.47. The van der Waals surface area contributed by atoms with Gasteiger partial charge in [0.05, 0.1) is 19.3 Å². The Hall–Kier alpha value is -0.840. The summed E-state index contributed by atoms with van der Waals surface area (Å²) in [6, 6.07) is 3.73. The summed E-state index contributed by atoms with van der Waals surface area (Å²) >= 11 is 0. The van der Waals surface area contributed by atoms with E-state index in [4.69, 9.17) is 10.5 Å². The summed E-state index contributed by atoms with van der Waals surface area (Å²) in [5.74, 6) is -0.0104. The van der Waals surface area contributed by atoms with E-state index in [9.17, 15) is 9.50 Å². The van der Waals surface area contributed by atoms with Crippen molar-refractivity contribution >= 4 is 12.4 Å². The van der Waals surface area contributed by atoms with Crippen LogP contribution in [0.4, 0.5) is 4.39 Å². The van der Waals surface area contributed by atoms with Crippen LogP contribution in [0.25, 0.3) is 0 Å². The lowest BCUT2D eigenvalue weighted by atomic mass is 10.00. The molecule has 0 unspecified atom stereocenters. The SMILES string of the molecule is CC[C@H](O)[C@H](N)c1ccc(OC)cc1F.Cl. The van der Waals surface area contributed by atoms with Gasteiger partial charge in [0.25, 0.3) is 0 Å². The van der Waals surface area contributed by atoms with Crippen LogP contribution in [-0.4, -0.2) is 18.3 Å². The highest BCUT2D eigenvalue weighted by atomic mass is 35.5. The number of aliphatic hydroxyl groups is 1. The normalized spacial score (nSPS) is 13.8. The van der Waals surface area contributed by atoms with E-state index in [1.807, 2.05) is 0 Å². The second-order valence-electron chi connectivity index (χ2n) is 3.39. The molecule has 0 amide bonds. The lowest BCUT2D eigenvalue weighted by Gasteiger charge is -2.18. The van der Waals surface area contributed by atoms with Crippen molar-refractivity contribution in [3.05, 3.63) is 29.6 Å². The standard InChI is InChI=1S/C11H16FNO2.ClH/c1-3-10(14)11(13)8-5-4-7(15-2)6-9(8)12;/h4-6,10-11,14H,3,13H2,1-2H3;1H/t10-,11+;/m0./s1. The van der Waals surface area contributed by atoms with Crippen molar-refractivity contribution in [1.82, 2.24) is 0 Å². The number of nitrogens with two attached hydrogens (primary N) is 1. The van der Waals surface area contributed by atoms with Crippen LogP contribution in [0.1, 0.15) is 24.9 Å². The summed E-state index contributed by atoms with van der Waals surface area (Å²) in [6.45, 7) is 1.80. The van der Waals surface area contributed by atoms with Crippen LogP contribution >= 0.6 is 12.4 Å². The first-order valence-electron chi connectivity index (χ1n) is 4.87. The molecule has 1 rings (SSSR count). The van der Waals surface area contributed by atoms with Gasteiger partial charge in [0.1, 0.15) is 11.6 Å². The number of halogens is 2. The van der Waals surface area contributed by atoms with Gasteiger partial charge in [-0.05, 0) is 12.5 Å². The van der Waals surface area contributed by atoms with Gasteiger partial charge in [0.15, 0.2) is 0 Å². The Labute approximate surface area is 101 Å². The van der Waals surface area contributed by atoms with Gasteiger partial charge >= 0.3 is 0 Å². The van der Waals surface area contributed by atoms with Crippen LogP contribution in [0.15, 0.2) is 18.2 Å². The van der Waals surface area contributed by atoms with Crippen LogP contribution in [0, 0.1) is 5.82 Å². The lowest BCUT2D eigenvalue weighted by Crippen LogP contribution is -2.26. The van der Waals surface area contributed by atoms with E-state index in [2.05, 4.69) is 0 Å². The van der Waals surface area contributed by atoms with Gasteiger partial charge in [0.2, 0.25) is 0 Å². The zero-order valence-electron chi connectivity index (χ0n) is 9.31. The molecule has 0 aliphatic heterocycles. The summed E-state index contributed by atoms with van der Waals surface area (Å²) in [5.41, 5.74) is 6.02. The van der Waals surface area contributed by atoms with Gasteiger partial charge in [-0.25, -0.2) is 4.39 Å². The van der Waals surface area contributed by atoms with Crippen molar-refractivity contribution in [1.29, 1.82) is 0 Å². The third kappa shape index (κ3) is 3.33. The highest BCUT2D eigenvalue weighted by Gasteiger charge is 2.18. The molecule has 0 spiro atoms. The molecular formula is C11H17ClFNO2. The summed E-state index contributed by atoms with van der Waals surface area (Å²) in [4.78, 5) is 0. The first-order chi connectivity index (χ1) is 7.10. The monoisotopic (exact) mass is 249 g/mol. The highest BCUT2D eigenvalue weighted by molar-refractivity contribution is 5.85. The van der Waals surface area contributed by atoms with Crippen molar-refractivity contribution in [2.75, 3.05) is 7.11 Å². The van der Waals surface area contributed by atoms with E-state index in [0.717, 1.165) is 0 Å². The van der Waals surface area contributed by atoms with Gasteiger partial charge in [-0.2, -0.15) is 0 Å². The predicted octanol–water partition coefficient (Wildman–Crippen LogP) is 2.03. The van der Waals surface area contributed by atoms with Crippen molar-refractivity contribution in [2.45, 2.75) is 25.5 Å². The van der Waals surface area contributed by atoms with E-state index < -0.39 is 18.0 Å². The Morgan fingerprint density at radius 1 is 1.50 bits per heavy atom. The average Bonchev–Trinajstić information content (AvgIpc) is 2.26. The van der Waals surface area contributed by atoms with E-state index in [-0.39, 0.29) is 12.4 Å². The zero-order valence-corrected chi connectivity index (χ0v) is 10.1. The van der Waals surface area contributed by atoms with Crippen LogP contribution in [-0.2, 0) is 0 Å². The van der Waals surface area contributed by atoms with Crippen molar-refractivity contribution in [3.8, 4) is 5.75 Å². The molecule has 0 fully saturated rings. The summed E-state index contributed by atoms with van der Waals surface area (Å²) in [6.07, 6.45) is -0.236. The fourth-order valence-corrected chi connectivity index (χ4v) is 1.37. The van der Waals surface area contributed by atoms with E-state index in [1.165, 1.54) is 19.2 Å². The topological polar surface area (TPSA) is 55.5 Å². The molecule has 0 saturated carbocycles. The third-order valence-electron chi connectivity index (χ3n) is 2.40. The van der Waals surface area contributed by atoms with Gasteiger partial charge in [0, 0.05) is 11.6 Å². The highest BCUT2D eigenvalue weighted by Crippen LogP contribution is 2.23.